The number of ether oxygens (including phenoxy) is 4. The summed E-state index contributed by atoms with van der Waals surface area (Å²) in [6.07, 6.45) is 1.62. The molecule has 7 heteroatoms. The molecule has 0 saturated heterocycles. The molecule has 30 heavy (non-hydrogen) atoms. The van der Waals surface area contributed by atoms with E-state index in [0.717, 1.165) is 43.2 Å². The first kappa shape index (κ1) is 23.2. The maximum Gasteiger partial charge on any atom is 0.203 e. The molecule has 2 aromatic rings. The third kappa shape index (κ3) is 6.47. The van der Waals surface area contributed by atoms with Gasteiger partial charge in [-0.15, -0.1) is 0 Å². The van der Waals surface area contributed by atoms with Crippen molar-refractivity contribution in [3.63, 3.8) is 0 Å². The van der Waals surface area contributed by atoms with E-state index in [4.69, 9.17) is 18.9 Å². The predicted molar refractivity (Wildman–Crippen MR) is 120 cm³/mol. The highest BCUT2D eigenvalue weighted by Crippen LogP contribution is 2.39. The molecule has 0 unspecified atom stereocenters. The summed E-state index contributed by atoms with van der Waals surface area (Å²) in [5.74, 6) is 3.60. The van der Waals surface area contributed by atoms with Gasteiger partial charge < -0.3 is 29.6 Å². The fraction of sp³-hybridized carbons (Fsp3) is 0.435. The number of hydrogen-bond acceptors (Lipinski definition) is 5. The van der Waals surface area contributed by atoms with Gasteiger partial charge in [0.15, 0.2) is 17.5 Å². The van der Waals surface area contributed by atoms with Gasteiger partial charge in [0.05, 0.1) is 28.4 Å². The van der Waals surface area contributed by atoms with Crippen molar-refractivity contribution in [2.45, 2.75) is 19.8 Å². The summed E-state index contributed by atoms with van der Waals surface area (Å²) in [5.41, 5.74) is 2.27. The second kappa shape index (κ2) is 12.5. The van der Waals surface area contributed by atoms with Crippen molar-refractivity contribution in [1.82, 2.24) is 10.6 Å². The van der Waals surface area contributed by atoms with Crippen LogP contribution in [0.4, 0.5) is 0 Å². The van der Waals surface area contributed by atoms with Crippen LogP contribution in [0.1, 0.15) is 18.1 Å². The van der Waals surface area contributed by atoms with Crippen LogP contribution in [0.25, 0.3) is 0 Å². The molecule has 0 aliphatic carbocycles. The summed E-state index contributed by atoms with van der Waals surface area (Å²) in [4.78, 5) is 4.69. The Hall–Kier alpha value is -3.09. The van der Waals surface area contributed by atoms with Crippen molar-refractivity contribution < 1.29 is 18.9 Å². The van der Waals surface area contributed by atoms with Crippen LogP contribution < -0.4 is 29.6 Å². The highest BCUT2D eigenvalue weighted by atomic mass is 16.5. The van der Waals surface area contributed by atoms with Gasteiger partial charge in [-0.3, -0.25) is 4.99 Å². The van der Waals surface area contributed by atoms with Gasteiger partial charge in [0, 0.05) is 25.2 Å². The van der Waals surface area contributed by atoms with E-state index in [0.29, 0.717) is 23.8 Å². The standard InChI is InChI=1S/C23H33N3O4/c1-6-24-23(25-15-13-17-7-10-19(27-2)11-8-17)26-16-14-18-9-12-20(28-3)22(30-5)21(18)29-4/h7-12H,6,13-16H2,1-5H3,(H2,24,25,26). The maximum absolute atomic E-state index is 5.55. The predicted octanol–water partition coefficient (Wildman–Crippen LogP) is 3.06. The highest BCUT2D eigenvalue weighted by Gasteiger charge is 2.15. The lowest BCUT2D eigenvalue weighted by molar-refractivity contribution is 0.322. The van der Waals surface area contributed by atoms with E-state index in [1.807, 2.05) is 24.3 Å². The third-order valence-electron chi connectivity index (χ3n) is 4.65. The zero-order chi connectivity index (χ0) is 21.8. The van der Waals surface area contributed by atoms with E-state index in [1.165, 1.54) is 5.56 Å². The molecule has 2 rings (SSSR count). The van der Waals surface area contributed by atoms with Crippen LogP contribution in [0.5, 0.6) is 23.0 Å². The smallest absolute Gasteiger partial charge is 0.203 e. The molecule has 0 amide bonds. The lowest BCUT2D eigenvalue weighted by atomic mass is 10.1. The second-order valence-electron chi connectivity index (χ2n) is 6.53. The number of guanidine groups is 1. The van der Waals surface area contributed by atoms with Crippen LogP contribution in [-0.2, 0) is 12.8 Å². The van der Waals surface area contributed by atoms with Crippen molar-refractivity contribution in [2.24, 2.45) is 4.99 Å². The largest absolute Gasteiger partial charge is 0.497 e. The molecule has 0 spiro atoms. The molecule has 0 heterocycles. The zero-order valence-electron chi connectivity index (χ0n) is 18.6. The fourth-order valence-electron chi connectivity index (χ4n) is 3.11. The SMILES string of the molecule is CCNC(=NCCc1ccc(OC)c(OC)c1OC)NCCc1ccc(OC)cc1. The van der Waals surface area contributed by atoms with Gasteiger partial charge >= 0.3 is 0 Å². The van der Waals surface area contributed by atoms with Crippen LogP contribution in [0.2, 0.25) is 0 Å². The number of methoxy groups -OCH3 is 4. The number of nitrogens with zero attached hydrogens (tertiary/aromatic N) is 1. The molecule has 0 bridgehead atoms. The number of hydrogen-bond donors (Lipinski definition) is 2. The molecule has 2 N–H and O–H groups in total. The Bertz CT molecular complexity index is 807. The first-order chi connectivity index (χ1) is 14.7. The minimum absolute atomic E-state index is 0.603. The summed E-state index contributed by atoms with van der Waals surface area (Å²) in [5, 5.41) is 6.67. The summed E-state index contributed by atoms with van der Waals surface area (Å²) >= 11 is 0. The van der Waals surface area contributed by atoms with Gasteiger partial charge in [0.25, 0.3) is 0 Å². The number of nitrogens with one attached hydrogen (secondary N) is 2. The van der Waals surface area contributed by atoms with E-state index in [1.54, 1.807) is 28.4 Å². The molecular formula is C23H33N3O4. The van der Waals surface area contributed by atoms with Gasteiger partial charge in [-0.1, -0.05) is 18.2 Å². The zero-order valence-corrected chi connectivity index (χ0v) is 18.6. The molecule has 0 saturated carbocycles. The van der Waals surface area contributed by atoms with Gasteiger partial charge in [0.1, 0.15) is 5.75 Å². The van der Waals surface area contributed by atoms with E-state index < -0.39 is 0 Å². The van der Waals surface area contributed by atoms with Crippen molar-refractivity contribution in [1.29, 1.82) is 0 Å². The lowest BCUT2D eigenvalue weighted by Gasteiger charge is -2.15. The summed E-state index contributed by atoms with van der Waals surface area (Å²) in [6, 6.07) is 12.0. The monoisotopic (exact) mass is 415 g/mol. The Morgan fingerprint density at radius 2 is 1.53 bits per heavy atom. The molecule has 0 atom stereocenters. The third-order valence-corrected chi connectivity index (χ3v) is 4.65. The average Bonchev–Trinajstić information content (AvgIpc) is 2.78. The minimum atomic E-state index is 0.603. The van der Waals surface area contributed by atoms with Gasteiger partial charge in [-0.05, 0) is 43.5 Å². The first-order valence-corrected chi connectivity index (χ1v) is 10.1. The highest BCUT2D eigenvalue weighted by molar-refractivity contribution is 5.79. The van der Waals surface area contributed by atoms with E-state index in [9.17, 15) is 0 Å². The number of rotatable bonds is 11. The van der Waals surface area contributed by atoms with Gasteiger partial charge in [0.2, 0.25) is 5.75 Å². The van der Waals surface area contributed by atoms with E-state index >= 15 is 0 Å². The van der Waals surface area contributed by atoms with Crippen molar-refractivity contribution in [2.75, 3.05) is 48.1 Å². The Morgan fingerprint density at radius 1 is 0.800 bits per heavy atom. The fourth-order valence-corrected chi connectivity index (χ4v) is 3.11. The van der Waals surface area contributed by atoms with Crippen molar-refractivity contribution in [3.8, 4) is 23.0 Å². The molecule has 2 aromatic carbocycles. The molecule has 0 radical (unpaired) electrons. The van der Waals surface area contributed by atoms with Crippen LogP contribution in [-0.4, -0.2) is 54.0 Å². The van der Waals surface area contributed by atoms with Gasteiger partial charge in [-0.25, -0.2) is 0 Å². The van der Waals surface area contributed by atoms with Crippen LogP contribution in [0.15, 0.2) is 41.4 Å². The Labute approximate surface area is 179 Å². The minimum Gasteiger partial charge on any atom is -0.497 e. The normalized spacial score (nSPS) is 11.0. The Kier molecular flexibility index (Phi) is 9.64. The summed E-state index contributed by atoms with van der Waals surface area (Å²) in [6.45, 7) is 4.26. The van der Waals surface area contributed by atoms with Crippen molar-refractivity contribution >= 4 is 5.96 Å². The molecule has 164 valence electrons. The maximum atomic E-state index is 5.55. The van der Waals surface area contributed by atoms with Crippen LogP contribution in [0.3, 0.4) is 0 Å². The molecule has 0 aromatic heterocycles. The lowest BCUT2D eigenvalue weighted by Crippen LogP contribution is -2.38. The van der Waals surface area contributed by atoms with Crippen LogP contribution >= 0.6 is 0 Å². The molecular weight excluding hydrogens is 382 g/mol. The van der Waals surface area contributed by atoms with Gasteiger partial charge in [-0.2, -0.15) is 0 Å². The Balaban J connectivity index is 1.95. The second-order valence-corrected chi connectivity index (χ2v) is 6.53. The molecule has 7 nitrogen and oxygen atoms in total. The van der Waals surface area contributed by atoms with E-state index in [-0.39, 0.29) is 0 Å². The summed E-state index contributed by atoms with van der Waals surface area (Å²) in [7, 11) is 6.53. The quantitative estimate of drug-likeness (QED) is 0.434. The molecule has 0 aliphatic heterocycles. The molecule has 0 fully saturated rings. The van der Waals surface area contributed by atoms with Crippen LogP contribution in [0, 0.1) is 0 Å². The number of aliphatic imine (C=N–C) groups is 1. The van der Waals surface area contributed by atoms with Crippen molar-refractivity contribution in [3.05, 3.63) is 47.5 Å². The van der Waals surface area contributed by atoms with E-state index in [2.05, 4.69) is 34.7 Å². The average molecular weight is 416 g/mol. The number of benzene rings is 2. The Morgan fingerprint density at radius 3 is 2.13 bits per heavy atom. The first-order valence-electron chi connectivity index (χ1n) is 10.1. The summed E-state index contributed by atoms with van der Waals surface area (Å²) < 4.78 is 21.6. The topological polar surface area (TPSA) is 73.3 Å². The molecule has 0 aliphatic rings.